The van der Waals surface area contributed by atoms with Gasteiger partial charge in [0.1, 0.15) is 0 Å². The monoisotopic (exact) mass is 257 g/mol. The van der Waals surface area contributed by atoms with Crippen LogP contribution in [-0.4, -0.2) is 23.3 Å². The van der Waals surface area contributed by atoms with Crippen LogP contribution >= 0.6 is 23.6 Å². The number of rotatable bonds is 3. The minimum absolute atomic E-state index is 0.650. The van der Waals surface area contributed by atoms with Crippen molar-refractivity contribution in [3.63, 3.8) is 0 Å². The maximum absolute atomic E-state index is 5.06. The van der Waals surface area contributed by atoms with Crippen molar-refractivity contribution >= 4 is 28.7 Å². The Morgan fingerprint density at radius 2 is 2.12 bits per heavy atom. The van der Waals surface area contributed by atoms with Gasteiger partial charge in [-0.1, -0.05) is 24.7 Å². The lowest BCUT2D eigenvalue weighted by Crippen LogP contribution is -2.35. The first-order valence-corrected chi connectivity index (χ1v) is 7.21. The van der Waals surface area contributed by atoms with Crippen molar-refractivity contribution in [1.29, 1.82) is 0 Å². The Morgan fingerprint density at radius 3 is 2.62 bits per heavy atom. The molecule has 1 heterocycles. The zero-order chi connectivity index (χ0) is 11.5. The minimum Gasteiger partial charge on any atom is -0.347 e. The molecule has 0 aliphatic heterocycles. The van der Waals surface area contributed by atoms with Gasteiger partial charge in [0, 0.05) is 13.1 Å². The number of aromatic amines is 1. The molecule has 1 aromatic rings. The highest BCUT2D eigenvalue weighted by Crippen LogP contribution is 2.31. The number of nitrogens with zero attached hydrogens (tertiary/aromatic N) is 2. The van der Waals surface area contributed by atoms with Crippen molar-refractivity contribution in [3.8, 4) is 0 Å². The summed E-state index contributed by atoms with van der Waals surface area (Å²) in [6.45, 7) is 2.30. The Morgan fingerprint density at radius 1 is 1.44 bits per heavy atom. The summed E-state index contributed by atoms with van der Waals surface area (Å²) < 4.78 is 0.768. The quantitative estimate of drug-likeness (QED) is 0.840. The first kappa shape index (κ1) is 12.0. The van der Waals surface area contributed by atoms with Crippen LogP contribution in [0.3, 0.4) is 0 Å². The van der Waals surface area contributed by atoms with Gasteiger partial charge in [-0.05, 0) is 43.8 Å². The van der Waals surface area contributed by atoms with E-state index >= 15 is 0 Å². The maximum atomic E-state index is 5.06. The van der Waals surface area contributed by atoms with Crippen LogP contribution < -0.4 is 4.90 Å². The number of H-pyrrole nitrogens is 1. The summed E-state index contributed by atoms with van der Waals surface area (Å²) in [6, 6.07) is 0.650. The van der Waals surface area contributed by atoms with Crippen molar-refractivity contribution in [3.05, 3.63) is 3.95 Å². The molecule has 0 atom stereocenters. The molecule has 1 saturated carbocycles. The van der Waals surface area contributed by atoms with Gasteiger partial charge in [-0.15, -0.1) is 5.10 Å². The van der Waals surface area contributed by atoms with Gasteiger partial charge in [-0.3, -0.25) is 5.10 Å². The number of nitrogens with one attached hydrogen (secondary N) is 1. The van der Waals surface area contributed by atoms with Gasteiger partial charge < -0.3 is 4.90 Å². The van der Waals surface area contributed by atoms with Crippen LogP contribution in [0.4, 0.5) is 5.13 Å². The first-order valence-electron chi connectivity index (χ1n) is 5.99. The largest absolute Gasteiger partial charge is 0.347 e. The van der Waals surface area contributed by atoms with Crippen LogP contribution in [0.25, 0.3) is 0 Å². The molecular weight excluding hydrogens is 238 g/mol. The van der Waals surface area contributed by atoms with Gasteiger partial charge in [0.25, 0.3) is 0 Å². The standard InChI is InChI=1S/C11H19N3S2/c1-3-8-4-6-9(7-5-8)14(2)10-12-13-11(15)16-10/h8-9H,3-7H2,1-2H3,(H,13,15). The number of aromatic nitrogens is 2. The summed E-state index contributed by atoms with van der Waals surface area (Å²) in [6.07, 6.45) is 6.64. The zero-order valence-corrected chi connectivity index (χ0v) is 11.5. The fourth-order valence-corrected chi connectivity index (χ4v) is 3.38. The molecule has 5 heteroatoms. The molecule has 0 amide bonds. The number of hydrogen-bond donors (Lipinski definition) is 1. The third-order valence-corrected chi connectivity index (χ3v) is 4.85. The second-order valence-electron chi connectivity index (χ2n) is 4.59. The number of hydrogen-bond acceptors (Lipinski definition) is 4. The van der Waals surface area contributed by atoms with Gasteiger partial charge in [-0.25, -0.2) is 0 Å². The van der Waals surface area contributed by atoms with Crippen molar-refractivity contribution in [2.75, 3.05) is 11.9 Å². The molecule has 1 aliphatic rings. The van der Waals surface area contributed by atoms with E-state index in [0.717, 1.165) is 15.0 Å². The fraction of sp³-hybridized carbons (Fsp3) is 0.818. The second kappa shape index (κ2) is 5.27. The van der Waals surface area contributed by atoms with Crippen LogP contribution in [0.5, 0.6) is 0 Å². The molecule has 0 unspecified atom stereocenters. The minimum atomic E-state index is 0.650. The highest BCUT2D eigenvalue weighted by molar-refractivity contribution is 7.73. The summed E-state index contributed by atoms with van der Waals surface area (Å²) in [4.78, 5) is 2.29. The molecule has 2 rings (SSSR count). The molecule has 1 aromatic heterocycles. The van der Waals surface area contributed by atoms with Crippen LogP contribution in [-0.2, 0) is 0 Å². The van der Waals surface area contributed by atoms with Crippen LogP contribution in [0.2, 0.25) is 0 Å². The first-order chi connectivity index (χ1) is 7.70. The molecule has 16 heavy (non-hydrogen) atoms. The Bertz CT molecular complexity index is 377. The molecule has 1 aliphatic carbocycles. The highest BCUT2D eigenvalue weighted by atomic mass is 32.1. The van der Waals surface area contributed by atoms with E-state index in [4.69, 9.17) is 12.2 Å². The van der Waals surface area contributed by atoms with Crippen LogP contribution in [0.1, 0.15) is 39.0 Å². The van der Waals surface area contributed by atoms with Gasteiger partial charge >= 0.3 is 0 Å². The maximum Gasteiger partial charge on any atom is 0.206 e. The molecule has 1 fully saturated rings. The molecule has 0 aromatic carbocycles. The summed E-state index contributed by atoms with van der Waals surface area (Å²) >= 11 is 6.63. The van der Waals surface area contributed by atoms with Gasteiger partial charge in [0.15, 0.2) is 3.95 Å². The molecular formula is C11H19N3S2. The van der Waals surface area contributed by atoms with Crippen molar-refractivity contribution in [1.82, 2.24) is 10.2 Å². The van der Waals surface area contributed by atoms with E-state index in [9.17, 15) is 0 Å². The molecule has 3 nitrogen and oxygen atoms in total. The molecule has 0 saturated heterocycles. The zero-order valence-electron chi connectivity index (χ0n) is 9.90. The SMILES string of the molecule is CCC1CCC(N(C)c2n[nH]c(=S)s2)CC1. The smallest absolute Gasteiger partial charge is 0.206 e. The van der Waals surface area contributed by atoms with Crippen LogP contribution in [0, 0.1) is 9.87 Å². The van der Waals surface area contributed by atoms with E-state index in [-0.39, 0.29) is 0 Å². The predicted octanol–water partition coefficient (Wildman–Crippen LogP) is 3.61. The third-order valence-electron chi connectivity index (χ3n) is 3.67. The van der Waals surface area contributed by atoms with E-state index < -0.39 is 0 Å². The fourth-order valence-electron chi connectivity index (χ4n) is 2.47. The summed E-state index contributed by atoms with van der Waals surface area (Å²) in [5.74, 6) is 0.946. The Hall–Kier alpha value is -0.420. The number of anilines is 1. The molecule has 90 valence electrons. The topological polar surface area (TPSA) is 31.9 Å². The summed E-state index contributed by atoms with van der Waals surface area (Å²) in [5, 5.41) is 8.13. The Balaban J connectivity index is 1.96. The second-order valence-corrected chi connectivity index (χ2v) is 6.23. The van der Waals surface area contributed by atoms with Crippen LogP contribution in [0.15, 0.2) is 0 Å². The molecule has 0 radical (unpaired) electrons. The van der Waals surface area contributed by atoms with Crippen molar-refractivity contribution in [2.24, 2.45) is 5.92 Å². The van der Waals surface area contributed by atoms with Gasteiger partial charge in [-0.2, -0.15) is 0 Å². The normalized spacial score (nSPS) is 25.6. The van der Waals surface area contributed by atoms with Crippen molar-refractivity contribution < 1.29 is 0 Å². The average Bonchev–Trinajstić information content (AvgIpc) is 2.75. The van der Waals surface area contributed by atoms with E-state index in [1.165, 1.54) is 32.1 Å². The molecule has 1 N–H and O–H groups in total. The van der Waals surface area contributed by atoms with E-state index in [1.54, 1.807) is 11.3 Å². The molecule has 0 bridgehead atoms. The summed E-state index contributed by atoms with van der Waals surface area (Å²) in [7, 11) is 2.14. The average molecular weight is 257 g/mol. The van der Waals surface area contributed by atoms with Gasteiger partial charge in [0.2, 0.25) is 5.13 Å². The predicted molar refractivity (Wildman–Crippen MR) is 71.7 cm³/mol. The van der Waals surface area contributed by atoms with E-state index in [1.807, 2.05) is 0 Å². The van der Waals surface area contributed by atoms with Gasteiger partial charge in [0.05, 0.1) is 0 Å². The lowest BCUT2D eigenvalue weighted by atomic mass is 9.84. The van der Waals surface area contributed by atoms with E-state index in [2.05, 4.69) is 29.1 Å². The van der Waals surface area contributed by atoms with Crippen molar-refractivity contribution in [2.45, 2.75) is 45.1 Å². The lowest BCUT2D eigenvalue weighted by Gasteiger charge is -2.34. The summed E-state index contributed by atoms with van der Waals surface area (Å²) in [5.41, 5.74) is 0. The Kier molecular flexibility index (Phi) is 3.97. The Labute approximate surface area is 106 Å². The molecule has 0 spiro atoms. The highest BCUT2D eigenvalue weighted by Gasteiger charge is 2.24. The third kappa shape index (κ3) is 2.63. The lowest BCUT2D eigenvalue weighted by molar-refractivity contribution is 0.313. The van der Waals surface area contributed by atoms with E-state index in [0.29, 0.717) is 6.04 Å².